The van der Waals surface area contributed by atoms with Gasteiger partial charge in [-0.05, 0) is 25.5 Å². The van der Waals surface area contributed by atoms with Crippen LogP contribution in [0.15, 0.2) is 30.3 Å². The molecule has 0 fully saturated rings. The topological polar surface area (TPSA) is 72.9 Å². The largest absolute Gasteiger partial charge is 0.368 e. The number of hydrogen-bond acceptors (Lipinski definition) is 3. The summed E-state index contributed by atoms with van der Waals surface area (Å²) in [5, 5.41) is 8.07. The SMILES string of the molecule is CCC(Nc1cc(C)n(-c2ccccc2Cl)n1)C(N)=O. The van der Waals surface area contributed by atoms with Crippen LogP contribution in [0.5, 0.6) is 0 Å². The minimum Gasteiger partial charge on any atom is -0.368 e. The molecule has 0 bridgehead atoms. The first-order valence-corrected chi connectivity index (χ1v) is 6.78. The lowest BCUT2D eigenvalue weighted by Gasteiger charge is -2.11. The average molecular weight is 293 g/mol. The van der Waals surface area contributed by atoms with Gasteiger partial charge in [-0.25, -0.2) is 4.68 Å². The fraction of sp³-hybridized carbons (Fsp3) is 0.286. The molecule has 0 radical (unpaired) electrons. The molecule has 0 spiro atoms. The van der Waals surface area contributed by atoms with E-state index in [-0.39, 0.29) is 0 Å². The van der Waals surface area contributed by atoms with Gasteiger partial charge in [0.1, 0.15) is 11.9 Å². The smallest absolute Gasteiger partial charge is 0.239 e. The first kappa shape index (κ1) is 14.4. The summed E-state index contributed by atoms with van der Waals surface area (Å²) < 4.78 is 1.73. The molecule has 0 saturated carbocycles. The third kappa shape index (κ3) is 2.93. The van der Waals surface area contributed by atoms with Crippen molar-refractivity contribution < 1.29 is 4.79 Å². The molecule has 2 aromatic rings. The molecule has 1 heterocycles. The Balaban J connectivity index is 2.31. The van der Waals surface area contributed by atoms with E-state index in [4.69, 9.17) is 17.3 Å². The Labute approximate surface area is 122 Å². The number of rotatable bonds is 5. The van der Waals surface area contributed by atoms with Gasteiger partial charge >= 0.3 is 0 Å². The van der Waals surface area contributed by atoms with Crippen LogP contribution in [0.2, 0.25) is 5.02 Å². The summed E-state index contributed by atoms with van der Waals surface area (Å²) >= 11 is 6.17. The Kier molecular flexibility index (Phi) is 4.29. The van der Waals surface area contributed by atoms with Crippen molar-refractivity contribution in [1.29, 1.82) is 0 Å². The lowest BCUT2D eigenvalue weighted by atomic mass is 10.2. The number of amides is 1. The van der Waals surface area contributed by atoms with Crippen molar-refractivity contribution >= 4 is 23.3 Å². The summed E-state index contributed by atoms with van der Waals surface area (Å²) in [6, 6.07) is 8.89. The lowest BCUT2D eigenvalue weighted by molar-refractivity contribution is -0.118. The predicted molar refractivity (Wildman–Crippen MR) is 80.2 cm³/mol. The second-order valence-electron chi connectivity index (χ2n) is 4.54. The van der Waals surface area contributed by atoms with Gasteiger partial charge in [-0.3, -0.25) is 4.79 Å². The molecule has 0 aliphatic carbocycles. The number of benzene rings is 1. The summed E-state index contributed by atoms with van der Waals surface area (Å²) in [6.07, 6.45) is 0.604. The summed E-state index contributed by atoms with van der Waals surface area (Å²) in [7, 11) is 0. The Morgan fingerprint density at radius 3 is 2.80 bits per heavy atom. The van der Waals surface area contributed by atoms with Gasteiger partial charge in [0.25, 0.3) is 0 Å². The quantitative estimate of drug-likeness (QED) is 0.889. The molecular formula is C14H17ClN4O. The van der Waals surface area contributed by atoms with Gasteiger partial charge in [0, 0.05) is 11.8 Å². The summed E-state index contributed by atoms with van der Waals surface area (Å²) in [6.45, 7) is 3.81. The van der Waals surface area contributed by atoms with Crippen LogP contribution in [0.25, 0.3) is 5.69 Å². The van der Waals surface area contributed by atoms with E-state index in [1.165, 1.54) is 0 Å². The minimum atomic E-state index is -0.427. The average Bonchev–Trinajstić information content (AvgIpc) is 2.77. The Morgan fingerprint density at radius 1 is 1.50 bits per heavy atom. The van der Waals surface area contributed by atoms with Crippen LogP contribution in [-0.4, -0.2) is 21.7 Å². The number of aryl methyl sites for hydroxylation is 1. The molecule has 3 N–H and O–H groups in total. The first-order chi connectivity index (χ1) is 9.52. The van der Waals surface area contributed by atoms with Crippen LogP contribution in [0.3, 0.4) is 0 Å². The second-order valence-corrected chi connectivity index (χ2v) is 4.95. The van der Waals surface area contributed by atoms with Crippen LogP contribution >= 0.6 is 11.6 Å². The Bertz CT molecular complexity index is 623. The Hall–Kier alpha value is -2.01. The van der Waals surface area contributed by atoms with Crippen LogP contribution in [0.1, 0.15) is 19.0 Å². The van der Waals surface area contributed by atoms with Crippen molar-refractivity contribution in [3.63, 3.8) is 0 Å². The van der Waals surface area contributed by atoms with E-state index >= 15 is 0 Å². The number of primary amides is 1. The highest BCUT2D eigenvalue weighted by molar-refractivity contribution is 6.32. The summed E-state index contributed by atoms with van der Waals surface area (Å²) in [5.41, 5.74) is 7.03. The molecule has 0 aliphatic rings. The maximum Gasteiger partial charge on any atom is 0.239 e. The summed E-state index contributed by atoms with van der Waals surface area (Å²) in [4.78, 5) is 11.3. The fourth-order valence-corrected chi connectivity index (χ4v) is 2.18. The fourth-order valence-electron chi connectivity index (χ4n) is 1.97. The first-order valence-electron chi connectivity index (χ1n) is 6.40. The molecule has 20 heavy (non-hydrogen) atoms. The Morgan fingerprint density at radius 2 is 2.20 bits per heavy atom. The second kappa shape index (κ2) is 5.96. The van der Waals surface area contributed by atoms with Crippen LogP contribution in [0.4, 0.5) is 5.82 Å². The van der Waals surface area contributed by atoms with Crippen molar-refractivity contribution in [1.82, 2.24) is 9.78 Å². The highest BCUT2D eigenvalue weighted by atomic mass is 35.5. The molecule has 6 heteroatoms. The molecule has 1 aromatic carbocycles. The molecule has 1 unspecified atom stereocenters. The van der Waals surface area contributed by atoms with Gasteiger partial charge in [-0.15, -0.1) is 0 Å². The normalized spacial score (nSPS) is 12.2. The van der Waals surface area contributed by atoms with Crippen molar-refractivity contribution in [2.45, 2.75) is 26.3 Å². The zero-order valence-electron chi connectivity index (χ0n) is 11.4. The number of nitrogens with two attached hydrogens (primary N) is 1. The molecule has 2 rings (SSSR count). The van der Waals surface area contributed by atoms with E-state index in [1.807, 2.05) is 44.2 Å². The zero-order valence-corrected chi connectivity index (χ0v) is 12.2. The number of carbonyl (C=O) groups is 1. The zero-order chi connectivity index (χ0) is 14.7. The molecule has 106 valence electrons. The highest BCUT2D eigenvalue weighted by Gasteiger charge is 2.15. The van der Waals surface area contributed by atoms with E-state index in [2.05, 4.69) is 10.4 Å². The van der Waals surface area contributed by atoms with E-state index in [0.29, 0.717) is 17.3 Å². The third-order valence-electron chi connectivity index (χ3n) is 3.04. The van der Waals surface area contributed by atoms with Crippen molar-refractivity contribution in [2.24, 2.45) is 5.73 Å². The maximum absolute atomic E-state index is 11.3. The molecule has 1 amide bonds. The van der Waals surface area contributed by atoms with Crippen LogP contribution < -0.4 is 11.1 Å². The van der Waals surface area contributed by atoms with Gasteiger partial charge in [-0.2, -0.15) is 5.10 Å². The van der Waals surface area contributed by atoms with Crippen molar-refractivity contribution in [3.8, 4) is 5.69 Å². The van der Waals surface area contributed by atoms with E-state index in [0.717, 1.165) is 11.4 Å². The number of halogens is 1. The highest BCUT2D eigenvalue weighted by Crippen LogP contribution is 2.22. The number of anilines is 1. The third-order valence-corrected chi connectivity index (χ3v) is 3.36. The van der Waals surface area contributed by atoms with Gasteiger partial charge in [0.05, 0.1) is 10.7 Å². The van der Waals surface area contributed by atoms with Crippen molar-refractivity contribution in [2.75, 3.05) is 5.32 Å². The van der Waals surface area contributed by atoms with Gasteiger partial charge in [0.15, 0.2) is 0 Å². The number of para-hydroxylation sites is 1. The van der Waals surface area contributed by atoms with Crippen LogP contribution in [0, 0.1) is 6.92 Å². The van der Waals surface area contributed by atoms with Crippen molar-refractivity contribution in [3.05, 3.63) is 41.0 Å². The van der Waals surface area contributed by atoms with E-state index < -0.39 is 11.9 Å². The van der Waals surface area contributed by atoms with Gasteiger partial charge in [-0.1, -0.05) is 30.7 Å². The molecule has 1 aromatic heterocycles. The van der Waals surface area contributed by atoms with Gasteiger partial charge in [0.2, 0.25) is 5.91 Å². The predicted octanol–water partition coefficient (Wildman–Crippen LogP) is 2.51. The molecule has 0 aliphatic heterocycles. The molecule has 1 atom stereocenters. The standard InChI is InChI=1S/C14H17ClN4O/c1-3-11(14(16)20)17-13-8-9(2)19(18-13)12-7-5-4-6-10(12)15/h4-8,11H,3H2,1-2H3,(H2,16,20)(H,17,18). The lowest BCUT2D eigenvalue weighted by Crippen LogP contribution is -2.34. The molecule has 5 nitrogen and oxygen atoms in total. The monoisotopic (exact) mass is 292 g/mol. The number of nitrogens with one attached hydrogen (secondary N) is 1. The number of hydrogen-bond donors (Lipinski definition) is 2. The number of nitrogens with zero attached hydrogens (tertiary/aromatic N) is 2. The van der Waals surface area contributed by atoms with E-state index in [9.17, 15) is 4.79 Å². The molecule has 0 saturated heterocycles. The number of carbonyl (C=O) groups excluding carboxylic acids is 1. The molecular weight excluding hydrogens is 276 g/mol. The minimum absolute atomic E-state index is 0.391. The summed E-state index contributed by atoms with van der Waals surface area (Å²) in [5.74, 6) is 0.213. The van der Waals surface area contributed by atoms with Gasteiger partial charge < -0.3 is 11.1 Å². The van der Waals surface area contributed by atoms with E-state index in [1.54, 1.807) is 4.68 Å². The maximum atomic E-state index is 11.3. The number of aromatic nitrogens is 2. The van der Waals surface area contributed by atoms with Crippen LogP contribution in [-0.2, 0) is 4.79 Å².